The highest BCUT2D eigenvalue weighted by molar-refractivity contribution is 5.98. The van der Waals surface area contributed by atoms with Gasteiger partial charge in [0.15, 0.2) is 0 Å². The Balaban J connectivity index is 1.62. The molecule has 0 atom stereocenters. The molecule has 3 nitrogen and oxygen atoms in total. The average Bonchev–Trinajstić information content (AvgIpc) is 3.15. The molecule has 5 rings (SSSR count). The monoisotopic (exact) mass is 347 g/mol. The number of nitrogens with one attached hydrogen (secondary N) is 1. The van der Waals surface area contributed by atoms with E-state index in [1.165, 1.54) is 5.56 Å². The minimum Gasteiger partial charge on any atom is -0.277 e. The van der Waals surface area contributed by atoms with Crippen LogP contribution in [0.5, 0.6) is 0 Å². The maximum Gasteiger partial charge on any atom is 0.0927 e. The summed E-state index contributed by atoms with van der Waals surface area (Å²) in [5, 5.41) is 9.88. The van der Waals surface area contributed by atoms with Crippen LogP contribution in [0.15, 0.2) is 85.1 Å². The van der Waals surface area contributed by atoms with Gasteiger partial charge in [0.25, 0.3) is 0 Å². The van der Waals surface area contributed by atoms with E-state index < -0.39 is 0 Å². The van der Waals surface area contributed by atoms with Gasteiger partial charge in [-0.3, -0.25) is 10.1 Å². The van der Waals surface area contributed by atoms with Gasteiger partial charge in [-0.1, -0.05) is 60.7 Å². The minimum absolute atomic E-state index is 0.939. The van der Waals surface area contributed by atoms with Crippen molar-refractivity contribution in [2.24, 2.45) is 0 Å². The Morgan fingerprint density at radius 1 is 0.741 bits per heavy atom. The fraction of sp³-hybridized carbons (Fsp3) is 0. The van der Waals surface area contributed by atoms with E-state index in [0.29, 0.717) is 0 Å². The molecule has 0 bridgehead atoms. The van der Waals surface area contributed by atoms with Gasteiger partial charge in [-0.25, -0.2) is 0 Å². The molecule has 0 saturated carbocycles. The van der Waals surface area contributed by atoms with Gasteiger partial charge in [-0.15, -0.1) is 0 Å². The van der Waals surface area contributed by atoms with Gasteiger partial charge in [-0.2, -0.15) is 5.10 Å². The Kier molecular flexibility index (Phi) is 3.76. The summed E-state index contributed by atoms with van der Waals surface area (Å²) in [6.45, 7) is 0. The summed E-state index contributed by atoms with van der Waals surface area (Å²) in [4.78, 5) is 4.47. The van der Waals surface area contributed by atoms with Crippen LogP contribution < -0.4 is 0 Å². The predicted octanol–water partition coefficient (Wildman–Crippen LogP) is 5.95. The lowest BCUT2D eigenvalue weighted by atomic mass is 9.99. The summed E-state index contributed by atoms with van der Waals surface area (Å²) in [5.41, 5.74) is 6.48. The number of pyridine rings is 1. The van der Waals surface area contributed by atoms with Gasteiger partial charge in [0.2, 0.25) is 0 Å². The zero-order valence-corrected chi connectivity index (χ0v) is 14.6. The lowest BCUT2D eigenvalue weighted by Gasteiger charge is -2.06. The summed E-state index contributed by atoms with van der Waals surface area (Å²) in [6, 6.07) is 27.0. The van der Waals surface area contributed by atoms with E-state index in [4.69, 9.17) is 0 Å². The summed E-state index contributed by atoms with van der Waals surface area (Å²) in [5.74, 6) is 0. The molecule has 1 N–H and O–H groups in total. The molecule has 0 aliphatic rings. The standard InChI is InChI=1S/C24H17N3/c1-2-6-17(7-3-1)10-12-23-21-16-18(11-13-24(21)27-26-23)19-14-15-25-22-9-5-4-8-20(19)22/h1-16H,(H,26,27)/b12-10+. The number of aromatic amines is 1. The fourth-order valence-corrected chi connectivity index (χ4v) is 3.42. The van der Waals surface area contributed by atoms with Crippen LogP contribution in [0, 0.1) is 0 Å². The zero-order valence-electron chi connectivity index (χ0n) is 14.6. The second-order valence-corrected chi connectivity index (χ2v) is 6.49. The molecule has 0 fully saturated rings. The third-order valence-corrected chi connectivity index (χ3v) is 4.79. The van der Waals surface area contributed by atoms with Crippen molar-refractivity contribution < 1.29 is 0 Å². The van der Waals surface area contributed by atoms with Crippen molar-refractivity contribution in [2.75, 3.05) is 0 Å². The van der Waals surface area contributed by atoms with Crippen LogP contribution in [-0.2, 0) is 0 Å². The van der Waals surface area contributed by atoms with E-state index in [1.54, 1.807) is 0 Å². The van der Waals surface area contributed by atoms with E-state index in [9.17, 15) is 0 Å². The van der Waals surface area contributed by atoms with Crippen LogP contribution in [0.1, 0.15) is 11.3 Å². The number of nitrogens with zero attached hydrogens (tertiary/aromatic N) is 2. The molecule has 0 unspecified atom stereocenters. The van der Waals surface area contributed by atoms with Crippen molar-refractivity contribution in [3.05, 3.63) is 96.3 Å². The molecule has 0 amide bonds. The van der Waals surface area contributed by atoms with Gasteiger partial charge in [-0.05, 0) is 47.0 Å². The highest BCUT2D eigenvalue weighted by Gasteiger charge is 2.08. The number of rotatable bonds is 3. The SMILES string of the molecule is C(=C\c1n[nH]c2ccc(-c3ccnc4ccccc34)cc12)/c1ccccc1. The minimum atomic E-state index is 0.939. The highest BCUT2D eigenvalue weighted by Crippen LogP contribution is 2.30. The number of hydrogen-bond acceptors (Lipinski definition) is 2. The lowest BCUT2D eigenvalue weighted by molar-refractivity contribution is 1.11. The molecule has 27 heavy (non-hydrogen) atoms. The first-order valence-corrected chi connectivity index (χ1v) is 8.94. The fourth-order valence-electron chi connectivity index (χ4n) is 3.42. The van der Waals surface area contributed by atoms with Crippen molar-refractivity contribution in [3.63, 3.8) is 0 Å². The molecule has 0 radical (unpaired) electrons. The molecule has 3 aromatic carbocycles. The molecule has 2 heterocycles. The predicted molar refractivity (Wildman–Crippen MR) is 112 cm³/mol. The van der Waals surface area contributed by atoms with E-state index >= 15 is 0 Å². The Morgan fingerprint density at radius 2 is 1.59 bits per heavy atom. The number of aromatic nitrogens is 3. The van der Waals surface area contributed by atoms with Crippen molar-refractivity contribution in [2.45, 2.75) is 0 Å². The Morgan fingerprint density at radius 3 is 2.52 bits per heavy atom. The van der Waals surface area contributed by atoms with Crippen LogP contribution in [-0.4, -0.2) is 15.2 Å². The van der Waals surface area contributed by atoms with E-state index in [2.05, 4.69) is 75.9 Å². The van der Waals surface area contributed by atoms with Gasteiger partial charge < -0.3 is 0 Å². The lowest BCUT2D eigenvalue weighted by Crippen LogP contribution is -1.84. The third kappa shape index (κ3) is 2.89. The topological polar surface area (TPSA) is 41.6 Å². The second-order valence-electron chi connectivity index (χ2n) is 6.49. The van der Waals surface area contributed by atoms with Gasteiger partial charge in [0.1, 0.15) is 0 Å². The van der Waals surface area contributed by atoms with Crippen molar-refractivity contribution in [1.29, 1.82) is 0 Å². The number of fused-ring (bicyclic) bond motifs is 2. The van der Waals surface area contributed by atoms with Crippen LogP contribution >= 0.6 is 0 Å². The van der Waals surface area contributed by atoms with Gasteiger partial charge in [0, 0.05) is 17.0 Å². The first-order valence-electron chi connectivity index (χ1n) is 8.94. The molecule has 0 saturated heterocycles. The molecule has 3 heteroatoms. The first-order chi connectivity index (χ1) is 13.4. The van der Waals surface area contributed by atoms with Crippen LogP contribution in [0.4, 0.5) is 0 Å². The van der Waals surface area contributed by atoms with Gasteiger partial charge in [0.05, 0.1) is 16.7 Å². The first kappa shape index (κ1) is 15.5. The number of para-hydroxylation sites is 1. The molecule has 0 aliphatic carbocycles. The number of benzene rings is 3. The average molecular weight is 347 g/mol. The summed E-state index contributed by atoms with van der Waals surface area (Å²) < 4.78 is 0. The van der Waals surface area contributed by atoms with E-state index in [0.717, 1.165) is 38.6 Å². The molecule has 0 aliphatic heterocycles. The molecular formula is C24H17N3. The van der Waals surface area contributed by atoms with Crippen molar-refractivity contribution in [1.82, 2.24) is 15.2 Å². The smallest absolute Gasteiger partial charge is 0.0927 e. The van der Waals surface area contributed by atoms with E-state index in [-0.39, 0.29) is 0 Å². The molecule has 5 aromatic rings. The largest absolute Gasteiger partial charge is 0.277 e. The highest BCUT2D eigenvalue weighted by atomic mass is 15.1. The van der Waals surface area contributed by atoms with Gasteiger partial charge >= 0.3 is 0 Å². The van der Waals surface area contributed by atoms with Crippen LogP contribution in [0.3, 0.4) is 0 Å². The second kappa shape index (κ2) is 6.54. The number of H-pyrrole nitrogens is 1. The maximum absolute atomic E-state index is 4.48. The third-order valence-electron chi connectivity index (χ3n) is 4.79. The quantitative estimate of drug-likeness (QED) is 0.438. The summed E-state index contributed by atoms with van der Waals surface area (Å²) >= 11 is 0. The van der Waals surface area contributed by atoms with E-state index in [1.807, 2.05) is 36.5 Å². The Hall–Kier alpha value is -3.72. The molecule has 2 aromatic heterocycles. The summed E-state index contributed by atoms with van der Waals surface area (Å²) in [7, 11) is 0. The van der Waals surface area contributed by atoms with Crippen molar-refractivity contribution >= 4 is 34.0 Å². The molecule has 128 valence electrons. The van der Waals surface area contributed by atoms with Crippen molar-refractivity contribution in [3.8, 4) is 11.1 Å². The van der Waals surface area contributed by atoms with Crippen LogP contribution in [0.2, 0.25) is 0 Å². The van der Waals surface area contributed by atoms with Crippen LogP contribution in [0.25, 0.3) is 45.1 Å². The zero-order chi connectivity index (χ0) is 18.1. The Labute approximate surface area is 157 Å². The maximum atomic E-state index is 4.48. The molecular weight excluding hydrogens is 330 g/mol. The number of hydrogen-bond donors (Lipinski definition) is 1. The molecule has 0 spiro atoms. The normalized spacial score (nSPS) is 11.6. The summed E-state index contributed by atoms with van der Waals surface area (Å²) in [6.07, 6.45) is 6.01. The Bertz CT molecular complexity index is 1260.